The number of carbonyl (C=O) groups is 1. The van der Waals surface area contributed by atoms with Gasteiger partial charge in [0.05, 0.1) is 5.92 Å². The van der Waals surface area contributed by atoms with Crippen molar-refractivity contribution in [2.24, 2.45) is 5.92 Å². The van der Waals surface area contributed by atoms with E-state index in [0.29, 0.717) is 7.62 Å². The molecule has 0 atom stereocenters. The minimum absolute atomic E-state index is 0.178. The second-order valence-corrected chi connectivity index (χ2v) is 5.05. The highest BCUT2D eigenvalue weighted by Gasteiger charge is 2.24. The van der Waals surface area contributed by atoms with Gasteiger partial charge in [0, 0.05) is 19.9 Å². The van der Waals surface area contributed by atoms with Gasteiger partial charge in [-0.25, -0.2) is 4.98 Å². The fourth-order valence-electron chi connectivity index (χ4n) is 2.41. The molecular weight excluding hydrogens is 257 g/mol. The Balaban J connectivity index is 1.86. The standard InChI is InChI=1S/C13H20BN3O3/c1-20-14-16-12-8-10(2-5-15-12)9-17-6-3-11(4-7-17)13(18)19/h2,5,8,11,14H,3-4,6-7,9H2,1H3,(H,15,16)(H,18,19). The number of carboxylic acids is 1. The molecule has 0 amide bonds. The summed E-state index contributed by atoms with van der Waals surface area (Å²) >= 11 is 0. The number of nitrogens with zero attached hydrogens (tertiary/aromatic N) is 2. The van der Waals surface area contributed by atoms with Crippen LogP contribution in [0.1, 0.15) is 18.4 Å². The number of rotatable bonds is 6. The van der Waals surface area contributed by atoms with Gasteiger partial charge in [0.2, 0.25) is 0 Å². The Kier molecular flexibility index (Phi) is 5.37. The van der Waals surface area contributed by atoms with E-state index >= 15 is 0 Å². The van der Waals surface area contributed by atoms with Crippen molar-refractivity contribution in [2.45, 2.75) is 19.4 Å². The van der Waals surface area contributed by atoms with E-state index in [2.05, 4.69) is 15.1 Å². The van der Waals surface area contributed by atoms with Crippen LogP contribution in [0, 0.1) is 5.92 Å². The van der Waals surface area contributed by atoms with Gasteiger partial charge < -0.3 is 15.0 Å². The summed E-state index contributed by atoms with van der Waals surface area (Å²) in [7, 11) is 2.06. The molecule has 7 heteroatoms. The number of piperidine rings is 1. The van der Waals surface area contributed by atoms with E-state index in [-0.39, 0.29) is 5.92 Å². The first-order chi connectivity index (χ1) is 9.69. The lowest BCUT2D eigenvalue weighted by molar-refractivity contribution is -0.143. The number of anilines is 1. The number of carboxylic acid groups (broad SMARTS) is 1. The number of nitrogens with one attached hydrogen (secondary N) is 1. The van der Waals surface area contributed by atoms with Crippen LogP contribution in [0.25, 0.3) is 0 Å². The lowest BCUT2D eigenvalue weighted by atomic mass is 9.97. The molecule has 2 rings (SSSR count). The summed E-state index contributed by atoms with van der Waals surface area (Å²) in [6.45, 7) is 2.50. The quantitative estimate of drug-likeness (QED) is 0.746. The zero-order valence-electron chi connectivity index (χ0n) is 11.7. The third-order valence-corrected chi connectivity index (χ3v) is 3.56. The average Bonchev–Trinajstić information content (AvgIpc) is 2.46. The van der Waals surface area contributed by atoms with Crippen LogP contribution in [-0.4, -0.2) is 48.8 Å². The normalized spacial score (nSPS) is 16.9. The molecule has 1 aromatic rings. The van der Waals surface area contributed by atoms with E-state index in [9.17, 15) is 4.79 Å². The molecule has 1 aromatic heterocycles. The fraction of sp³-hybridized carbons (Fsp3) is 0.538. The third-order valence-electron chi connectivity index (χ3n) is 3.56. The van der Waals surface area contributed by atoms with Crippen molar-refractivity contribution in [2.75, 3.05) is 25.4 Å². The topological polar surface area (TPSA) is 74.7 Å². The van der Waals surface area contributed by atoms with Crippen molar-refractivity contribution >= 4 is 19.4 Å². The summed E-state index contributed by atoms with van der Waals surface area (Å²) in [6, 6.07) is 3.99. The van der Waals surface area contributed by atoms with Crippen LogP contribution in [-0.2, 0) is 16.0 Å². The molecule has 1 aliphatic heterocycles. The second-order valence-electron chi connectivity index (χ2n) is 5.05. The second kappa shape index (κ2) is 7.26. The minimum atomic E-state index is -0.667. The van der Waals surface area contributed by atoms with E-state index in [1.54, 1.807) is 13.3 Å². The highest BCUT2D eigenvalue weighted by molar-refractivity contribution is 6.32. The van der Waals surface area contributed by atoms with Crippen molar-refractivity contribution in [3.63, 3.8) is 0 Å². The van der Waals surface area contributed by atoms with Crippen LogP contribution < -0.4 is 5.23 Å². The molecule has 20 heavy (non-hydrogen) atoms. The van der Waals surface area contributed by atoms with Crippen LogP contribution in [0.3, 0.4) is 0 Å². The van der Waals surface area contributed by atoms with Crippen molar-refractivity contribution in [1.29, 1.82) is 0 Å². The van der Waals surface area contributed by atoms with Gasteiger partial charge in [-0.05, 0) is 43.6 Å². The molecule has 6 nitrogen and oxygen atoms in total. The van der Waals surface area contributed by atoms with E-state index in [4.69, 9.17) is 9.76 Å². The Bertz CT molecular complexity index is 450. The first kappa shape index (κ1) is 14.8. The number of hydrogen-bond donors (Lipinski definition) is 2. The molecule has 0 unspecified atom stereocenters. The highest BCUT2D eigenvalue weighted by atomic mass is 16.4. The van der Waals surface area contributed by atoms with Gasteiger partial charge in [0.1, 0.15) is 5.82 Å². The van der Waals surface area contributed by atoms with Crippen LogP contribution in [0.5, 0.6) is 0 Å². The Morgan fingerprint density at radius 3 is 3.00 bits per heavy atom. The Labute approximate surface area is 119 Å². The molecule has 0 saturated carbocycles. The van der Waals surface area contributed by atoms with Gasteiger partial charge in [0.25, 0.3) is 0 Å². The molecule has 0 aromatic carbocycles. The summed E-state index contributed by atoms with van der Waals surface area (Å²) in [5.41, 5.74) is 1.17. The molecule has 0 bridgehead atoms. The molecule has 108 valence electrons. The summed E-state index contributed by atoms with van der Waals surface area (Å²) in [6.07, 6.45) is 3.24. The summed E-state index contributed by atoms with van der Waals surface area (Å²) in [5.74, 6) is -0.0491. The molecule has 2 N–H and O–H groups in total. The van der Waals surface area contributed by atoms with Gasteiger partial charge in [-0.1, -0.05) is 0 Å². The number of aliphatic carboxylic acids is 1. The predicted octanol–water partition coefficient (Wildman–Crippen LogP) is 0.703. The van der Waals surface area contributed by atoms with Gasteiger partial charge >= 0.3 is 13.6 Å². The number of pyridine rings is 1. The molecule has 0 radical (unpaired) electrons. The molecular formula is C13H20BN3O3. The van der Waals surface area contributed by atoms with Crippen LogP contribution in [0.4, 0.5) is 5.82 Å². The summed E-state index contributed by atoms with van der Waals surface area (Å²) in [5, 5.41) is 12.1. The van der Waals surface area contributed by atoms with Gasteiger partial charge in [0.15, 0.2) is 0 Å². The van der Waals surface area contributed by atoms with Gasteiger partial charge in [-0.15, -0.1) is 0 Å². The van der Waals surface area contributed by atoms with Crippen LogP contribution in [0.15, 0.2) is 18.3 Å². The largest absolute Gasteiger partial charge is 0.481 e. The van der Waals surface area contributed by atoms with E-state index in [1.807, 2.05) is 12.1 Å². The SMILES string of the molecule is COBNc1cc(CN2CCC(C(=O)O)CC2)ccn1. The molecule has 2 heterocycles. The Hall–Kier alpha value is -1.60. The zero-order valence-corrected chi connectivity index (χ0v) is 11.7. The smallest absolute Gasteiger partial charge is 0.395 e. The van der Waals surface area contributed by atoms with E-state index in [1.165, 1.54) is 5.56 Å². The van der Waals surface area contributed by atoms with Crippen molar-refractivity contribution < 1.29 is 14.6 Å². The highest BCUT2D eigenvalue weighted by Crippen LogP contribution is 2.19. The summed E-state index contributed by atoms with van der Waals surface area (Å²) < 4.78 is 4.95. The predicted molar refractivity (Wildman–Crippen MR) is 77.7 cm³/mol. The number of hydrogen-bond acceptors (Lipinski definition) is 5. The number of aromatic nitrogens is 1. The molecule has 0 aliphatic carbocycles. The Morgan fingerprint density at radius 2 is 2.35 bits per heavy atom. The average molecular weight is 277 g/mol. The van der Waals surface area contributed by atoms with E-state index in [0.717, 1.165) is 38.3 Å². The zero-order chi connectivity index (χ0) is 14.4. The fourth-order valence-corrected chi connectivity index (χ4v) is 2.41. The lowest BCUT2D eigenvalue weighted by Gasteiger charge is -2.30. The van der Waals surface area contributed by atoms with Crippen LogP contribution in [0.2, 0.25) is 0 Å². The maximum Gasteiger partial charge on any atom is 0.395 e. The Morgan fingerprint density at radius 1 is 1.60 bits per heavy atom. The van der Waals surface area contributed by atoms with Gasteiger partial charge in [-0.2, -0.15) is 0 Å². The maximum atomic E-state index is 10.9. The molecule has 1 saturated heterocycles. The first-order valence-electron chi connectivity index (χ1n) is 6.82. The summed E-state index contributed by atoms with van der Waals surface area (Å²) in [4.78, 5) is 17.4. The maximum absolute atomic E-state index is 10.9. The molecule has 1 aliphatic rings. The van der Waals surface area contributed by atoms with Crippen LogP contribution >= 0.6 is 0 Å². The molecule has 0 spiro atoms. The number of likely N-dealkylation sites (tertiary alicyclic amines) is 1. The van der Waals surface area contributed by atoms with Crippen molar-refractivity contribution in [3.05, 3.63) is 23.9 Å². The third kappa shape index (κ3) is 4.21. The minimum Gasteiger partial charge on any atom is -0.481 e. The van der Waals surface area contributed by atoms with Crippen molar-refractivity contribution in [1.82, 2.24) is 9.88 Å². The first-order valence-corrected chi connectivity index (χ1v) is 6.82. The van der Waals surface area contributed by atoms with Gasteiger partial charge in [-0.3, -0.25) is 9.69 Å². The molecule has 1 fully saturated rings. The van der Waals surface area contributed by atoms with E-state index < -0.39 is 5.97 Å². The lowest BCUT2D eigenvalue weighted by Crippen LogP contribution is -2.35. The monoisotopic (exact) mass is 277 g/mol. The van der Waals surface area contributed by atoms with Crippen molar-refractivity contribution in [3.8, 4) is 0 Å².